The number of halogens is 6. The zero-order valence-corrected chi connectivity index (χ0v) is 14.0. The van der Waals surface area contributed by atoms with Crippen molar-refractivity contribution in [1.82, 2.24) is 0 Å². The van der Waals surface area contributed by atoms with Gasteiger partial charge in [0, 0.05) is 0 Å². The van der Waals surface area contributed by atoms with Crippen LogP contribution in [0.15, 0.2) is 24.3 Å². The molecule has 0 N–H and O–H groups in total. The van der Waals surface area contributed by atoms with Crippen LogP contribution in [0.2, 0.25) is 0 Å². The van der Waals surface area contributed by atoms with Crippen molar-refractivity contribution in [3.05, 3.63) is 70.3 Å². The summed E-state index contributed by atoms with van der Waals surface area (Å²) >= 11 is 0. The van der Waals surface area contributed by atoms with Gasteiger partial charge in [0.05, 0.1) is 24.0 Å². The summed E-state index contributed by atoms with van der Waals surface area (Å²) in [5.41, 5.74) is -1.60. The summed E-state index contributed by atoms with van der Waals surface area (Å²) < 4.78 is 88.8. The van der Waals surface area contributed by atoms with Gasteiger partial charge in [0.2, 0.25) is 0 Å². The average Bonchev–Trinajstić information content (AvgIpc) is 2.66. The van der Waals surface area contributed by atoms with E-state index in [0.717, 1.165) is 0 Å². The molecule has 0 spiro atoms. The Kier molecular flexibility index (Phi) is 7.02. The first kappa shape index (κ1) is 21.3. The van der Waals surface area contributed by atoms with Crippen LogP contribution in [0.3, 0.4) is 0 Å². The summed E-state index contributed by atoms with van der Waals surface area (Å²) in [6.07, 6.45) is -1.16. The highest BCUT2D eigenvalue weighted by Crippen LogP contribution is 2.18. The molecule has 0 amide bonds. The van der Waals surface area contributed by atoms with Gasteiger partial charge in [-0.2, -0.15) is 0 Å². The third kappa shape index (κ3) is 5.24. The van der Waals surface area contributed by atoms with Crippen LogP contribution in [0.5, 0.6) is 0 Å². The van der Waals surface area contributed by atoms with Gasteiger partial charge in [0.25, 0.3) is 0 Å². The number of esters is 2. The molecular formula is C18H12F6O4. The molecule has 0 fully saturated rings. The Morgan fingerprint density at radius 3 is 1.29 bits per heavy atom. The highest BCUT2D eigenvalue weighted by molar-refractivity contribution is 5.77. The molecule has 0 radical (unpaired) electrons. The molecule has 0 bridgehead atoms. The monoisotopic (exact) mass is 406 g/mol. The fourth-order valence-corrected chi connectivity index (χ4v) is 2.06. The third-order valence-electron chi connectivity index (χ3n) is 3.57. The minimum absolute atomic E-state index is 0.566. The first-order chi connectivity index (χ1) is 13.2. The van der Waals surface area contributed by atoms with E-state index in [1.165, 1.54) is 0 Å². The zero-order chi connectivity index (χ0) is 20.8. The molecule has 2 rings (SSSR count). The summed E-state index contributed by atoms with van der Waals surface area (Å²) in [6.45, 7) is -1.80. The molecule has 0 aliphatic carbocycles. The maximum Gasteiger partial charge on any atom is 0.306 e. The molecule has 0 heterocycles. The lowest BCUT2D eigenvalue weighted by Crippen LogP contribution is -2.12. The first-order valence-corrected chi connectivity index (χ1v) is 7.76. The molecule has 0 saturated heterocycles. The smallest absolute Gasteiger partial charge is 0.306 e. The minimum Gasteiger partial charge on any atom is -0.461 e. The van der Waals surface area contributed by atoms with Gasteiger partial charge in [0.1, 0.15) is 24.8 Å². The highest BCUT2D eigenvalue weighted by atomic mass is 19.2. The van der Waals surface area contributed by atoms with Gasteiger partial charge in [-0.3, -0.25) is 9.59 Å². The van der Waals surface area contributed by atoms with E-state index < -0.39 is 84.0 Å². The van der Waals surface area contributed by atoms with E-state index in [4.69, 9.17) is 0 Å². The largest absolute Gasteiger partial charge is 0.461 e. The van der Waals surface area contributed by atoms with Gasteiger partial charge < -0.3 is 9.47 Å². The van der Waals surface area contributed by atoms with Gasteiger partial charge in [-0.15, -0.1) is 0 Å². The Bertz CT molecular complexity index is 827. The van der Waals surface area contributed by atoms with Crippen LogP contribution >= 0.6 is 0 Å². The predicted molar refractivity (Wildman–Crippen MR) is 81.5 cm³/mol. The SMILES string of the molecule is O=C(CCC(=O)OCc1c(F)ccc(F)c1F)OCc1c(F)ccc(F)c1F. The van der Waals surface area contributed by atoms with E-state index in [1.54, 1.807) is 0 Å². The number of hydrogen-bond acceptors (Lipinski definition) is 4. The van der Waals surface area contributed by atoms with Crippen LogP contribution in [0.4, 0.5) is 26.3 Å². The second-order valence-corrected chi connectivity index (χ2v) is 5.46. The number of benzene rings is 2. The lowest BCUT2D eigenvalue weighted by atomic mass is 10.2. The molecule has 2 aromatic carbocycles. The molecular weight excluding hydrogens is 394 g/mol. The van der Waals surface area contributed by atoms with Crippen molar-refractivity contribution in [3.8, 4) is 0 Å². The molecule has 0 aromatic heterocycles. The molecule has 0 aliphatic rings. The average molecular weight is 406 g/mol. The molecule has 2 aromatic rings. The van der Waals surface area contributed by atoms with Crippen molar-refractivity contribution in [3.63, 3.8) is 0 Å². The standard InChI is InChI=1S/C18H12F6O4/c19-11-1-3-13(21)17(23)9(11)7-27-15(25)5-6-16(26)28-8-10-12(20)2-4-14(22)18(10)24/h1-4H,5-8H2. The highest BCUT2D eigenvalue weighted by Gasteiger charge is 2.18. The minimum atomic E-state index is -1.51. The van der Waals surface area contributed by atoms with Crippen molar-refractivity contribution in [2.24, 2.45) is 0 Å². The summed E-state index contributed by atoms with van der Waals surface area (Å²) in [5.74, 6) is -10.0. The van der Waals surface area contributed by atoms with Crippen LogP contribution in [0.25, 0.3) is 0 Å². The Balaban J connectivity index is 1.81. The maximum absolute atomic E-state index is 13.4. The third-order valence-corrected chi connectivity index (χ3v) is 3.57. The van der Waals surface area contributed by atoms with E-state index in [0.29, 0.717) is 24.3 Å². The number of carbonyl (C=O) groups is 2. The van der Waals surface area contributed by atoms with Crippen molar-refractivity contribution >= 4 is 11.9 Å². The normalized spacial score (nSPS) is 10.6. The van der Waals surface area contributed by atoms with Gasteiger partial charge in [-0.05, 0) is 24.3 Å². The fraction of sp³-hybridized carbons (Fsp3) is 0.222. The quantitative estimate of drug-likeness (QED) is 0.395. The fourth-order valence-electron chi connectivity index (χ4n) is 2.06. The van der Waals surface area contributed by atoms with E-state index >= 15 is 0 Å². The van der Waals surface area contributed by atoms with E-state index in [2.05, 4.69) is 9.47 Å². The van der Waals surface area contributed by atoms with E-state index in [9.17, 15) is 35.9 Å². The van der Waals surface area contributed by atoms with Gasteiger partial charge >= 0.3 is 11.9 Å². The lowest BCUT2D eigenvalue weighted by Gasteiger charge is -2.09. The molecule has 0 aliphatic heterocycles. The Hall–Kier alpha value is -3.04. The van der Waals surface area contributed by atoms with Gasteiger partial charge in [-0.1, -0.05) is 0 Å². The second-order valence-electron chi connectivity index (χ2n) is 5.46. The number of carbonyl (C=O) groups excluding carboxylic acids is 2. The topological polar surface area (TPSA) is 52.6 Å². The zero-order valence-electron chi connectivity index (χ0n) is 14.0. The molecule has 0 saturated carbocycles. The lowest BCUT2D eigenvalue weighted by molar-refractivity contribution is -0.151. The molecule has 0 atom stereocenters. The summed E-state index contributed by atoms with van der Waals surface area (Å²) in [5, 5.41) is 0. The van der Waals surface area contributed by atoms with Crippen LogP contribution in [0.1, 0.15) is 24.0 Å². The number of hydrogen-bond donors (Lipinski definition) is 0. The molecule has 4 nitrogen and oxygen atoms in total. The van der Waals surface area contributed by atoms with E-state index in [1.807, 2.05) is 0 Å². The van der Waals surface area contributed by atoms with Crippen molar-refractivity contribution in [2.75, 3.05) is 0 Å². The Labute approximate surface area is 154 Å². The van der Waals surface area contributed by atoms with Crippen LogP contribution < -0.4 is 0 Å². The summed E-state index contributed by atoms with van der Waals surface area (Å²) in [6, 6.07) is 2.44. The summed E-state index contributed by atoms with van der Waals surface area (Å²) in [7, 11) is 0. The molecule has 10 heteroatoms. The number of rotatable bonds is 7. The van der Waals surface area contributed by atoms with Crippen molar-refractivity contribution in [2.45, 2.75) is 26.1 Å². The van der Waals surface area contributed by atoms with Crippen molar-refractivity contribution in [1.29, 1.82) is 0 Å². The van der Waals surface area contributed by atoms with E-state index in [-0.39, 0.29) is 0 Å². The molecule has 28 heavy (non-hydrogen) atoms. The van der Waals surface area contributed by atoms with Gasteiger partial charge in [-0.25, -0.2) is 26.3 Å². The number of ether oxygens (including phenoxy) is 2. The van der Waals surface area contributed by atoms with Crippen LogP contribution in [-0.4, -0.2) is 11.9 Å². The van der Waals surface area contributed by atoms with Gasteiger partial charge in [0.15, 0.2) is 23.3 Å². The maximum atomic E-state index is 13.4. The van der Waals surface area contributed by atoms with Crippen LogP contribution in [-0.2, 0) is 32.3 Å². The first-order valence-electron chi connectivity index (χ1n) is 7.76. The van der Waals surface area contributed by atoms with Crippen molar-refractivity contribution < 1.29 is 45.4 Å². The summed E-state index contributed by atoms with van der Waals surface area (Å²) in [4.78, 5) is 23.0. The second kappa shape index (κ2) is 9.25. The Morgan fingerprint density at radius 1 is 0.607 bits per heavy atom. The molecule has 150 valence electrons. The predicted octanol–water partition coefficient (Wildman–Crippen LogP) is 4.09. The Morgan fingerprint density at radius 2 is 0.929 bits per heavy atom. The van der Waals surface area contributed by atoms with Crippen LogP contribution in [0, 0.1) is 34.9 Å². The molecule has 0 unspecified atom stereocenters.